The van der Waals surface area contributed by atoms with Crippen LogP contribution in [-0.4, -0.2) is 12.1 Å². The molecule has 3 fully saturated rings. The molecule has 2 heteroatoms. The lowest BCUT2D eigenvalue weighted by Crippen LogP contribution is -2.32. The van der Waals surface area contributed by atoms with E-state index in [4.69, 9.17) is 4.74 Å². The summed E-state index contributed by atoms with van der Waals surface area (Å²) in [4.78, 5) is 12.7. The van der Waals surface area contributed by atoms with Crippen LogP contribution in [0.1, 0.15) is 117 Å². The van der Waals surface area contributed by atoms with E-state index in [-0.39, 0.29) is 18.0 Å². The lowest BCUT2D eigenvalue weighted by Gasteiger charge is -2.37. The fourth-order valence-corrected chi connectivity index (χ4v) is 6.07. The summed E-state index contributed by atoms with van der Waals surface area (Å²) in [5, 5.41) is 0. The highest BCUT2D eigenvalue weighted by molar-refractivity contribution is 5.72. The van der Waals surface area contributed by atoms with Crippen LogP contribution in [0.5, 0.6) is 0 Å². The maximum atomic E-state index is 12.7. The summed E-state index contributed by atoms with van der Waals surface area (Å²) < 4.78 is 5.96. The minimum Gasteiger partial charge on any atom is -0.462 e. The van der Waals surface area contributed by atoms with Crippen LogP contribution >= 0.6 is 0 Å². The molecule has 0 spiro atoms. The Hall–Kier alpha value is -0.530. The Kier molecular flexibility index (Phi) is 8.52. The Morgan fingerprint density at radius 3 is 1.96 bits per heavy atom. The van der Waals surface area contributed by atoms with Crippen molar-refractivity contribution in [2.75, 3.05) is 0 Å². The summed E-state index contributed by atoms with van der Waals surface area (Å²) in [6, 6.07) is 0. The molecule has 0 radical (unpaired) electrons. The van der Waals surface area contributed by atoms with E-state index in [1.54, 1.807) is 0 Å². The molecule has 0 bridgehead atoms. The minimum absolute atomic E-state index is 0.139. The Bertz CT molecular complexity index is 422. The number of hydrogen-bond acceptors (Lipinski definition) is 2. The SMILES string of the molecule is CCCCCC1CCC(OC(=O)C2CCC(C3CCC(C)CC3)CC2)CC1. The van der Waals surface area contributed by atoms with Crippen LogP contribution in [0.2, 0.25) is 0 Å². The molecule has 0 unspecified atom stereocenters. The molecule has 0 aromatic rings. The van der Waals surface area contributed by atoms with Crippen molar-refractivity contribution in [1.82, 2.24) is 0 Å². The number of carbonyl (C=O) groups excluding carboxylic acids is 1. The molecule has 3 aliphatic rings. The quantitative estimate of drug-likeness (QED) is 0.344. The third-order valence-corrected chi connectivity index (χ3v) is 8.12. The van der Waals surface area contributed by atoms with Crippen molar-refractivity contribution in [3.8, 4) is 0 Å². The van der Waals surface area contributed by atoms with Gasteiger partial charge in [0.25, 0.3) is 0 Å². The zero-order chi connectivity index (χ0) is 19.1. The summed E-state index contributed by atoms with van der Waals surface area (Å²) in [7, 11) is 0. The zero-order valence-corrected chi connectivity index (χ0v) is 18.1. The standard InChI is InChI=1S/C25H44O2/c1-3-4-5-6-20-9-17-24(18-10-20)27-25(26)23-15-13-22(14-16-23)21-11-7-19(2)8-12-21/h19-24H,3-18H2,1-2H3. The van der Waals surface area contributed by atoms with Gasteiger partial charge in [0.05, 0.1) is 5.92 Å². The van der Waals surface area contributed by atoms with Gasteiger partial charge < -0.3 is 4.74 Å². The van der Waals surface area contributed by atoms with Crippen LogP contribution in [-0.2, 0) is 9.53 Å². The zero-order valence-electron chi connectivity index (χ0n) is 18.1. The molecule has 0 saturated heterocycles. The molecule has 0 atom stereocenters. The normalized spacial score (nSPS) is 37.7. The Labute approximate surface area is 168 Å². The Morgan fingerprint density at radius 2 is 1.37 bits per heavy atom. The van der Waals surface area contributed by atoms with Gasteiger partial charge in [-0.25, -0.2) is 0 Å². The molecule has 3 aliphatic carbocycles. The van der Waals surface area contributed by atoms with Crippen molar-refractivity contribution in [2.24, 2.45) is 29.6 Å². The van der Waals surface area contributed by atoms with Gasteiger partial charge in [-0.15, -0.1) is 0 Å². The van der Waals surface area contributed by atoms with E-state index in [0.29, 0.717) is 0 Å². The van der Waals surface area contributed by atoms with Crippen LogP contribution in [0, 0.1) is 29.6 Å². The largest absolute Gasteiger partial charge is 0.462 e. The summed E-state index contributed by atoms with van der Waals surface area (Å²) in [6.45, 7) is 4.68. The molecule has 27 heavy (non-hydrogen) atoms. The van der Waals surface area contributed by atoms with E-state index < -0.39 is 0 Å². The van der Waals surface area contributed by atoms with E-state index >= 15 is 0 Å². The maximum absolute atomic E-state index is 12.7. The molecule has 0 amide bonds. The fraction of sp³-hybridized carbons (Fsp3) is 0.960. The van der Waals surface area contributed by atoms with E-state index in [1.807, 2.05) is 0 Å². The Balaban J connectivity index is 1.32. The molecular weight excluding hydrogens is 332 g/mol. The molecule has 0 aromatic carbocycles. The second-order valence-electron chi connectivity index (χ2n) is 10.2. The lowest BCUT2D eigenvalue weighted by atomic mass is 9.69. The van der Waals surface area contributed by atoms with Gasteiger partial charge in [0.1, 0.15) is 6.10 Å². The average molecular weight is 377 g/mol. The van der Waals surface area contributed by atoms with Crippen molar-refractivity contribution in [2.45, 2.75) is 123 Å². The second-order valence-corrected chi connectivity index (χ2v) is 10.2. The highest BCUT2D eigenvalue weighted by Crippen LogP contribution is 2.41. The van der Waals surface area contributed by atoms with Gasteiger partial charge >= 0.3 is 5.97 Å². The number of hydrogen-bond donors (Lipinski definition) is 0. The predicted octanol–water partition coefficient (Wildman–Crippen LogP) is 7.30. The topological polar surface area (TPSA) is 26.3 Å². The van der Waals surface area contributed by atoms with E-state index in [0.717, 1.165) is 49.4 Å². The van der Waals surface area contributed by atoms with Gasteiger partial charge in [0, 0.05) is 0 Å². The van der Waals surface area contributed by atoms with Crippen molar-refractivity contribution < 1.29 is 9.53 Å². The average Bonchev–Trinajstić information content (AvgIpc) is 2.70. The Morgan fingerprint density at radius 1 is 0.778 bits per heavy atom. The summed E-state index contributed by atoms with van der Waals surface area (Å²) in [5.41, 5.74) is 0. The number of rotatable bonds is 7. The molecule has 2 nitrogen and oxygen atoms in total. The van der Waals surface area contributed by atoms with Crippen molar-refractivity contribution >= 4 is 5.97 Å². The van der Waals surface area contributed by atoms with E-state index in [2.05, 4.69) is 13.8 Å². The smallest absolute Gasteiger partial charge is 0.309 e. The van der Waals surface area contributed by atoms with Gasteiger partial charge in [-0.3, -0.25) is 4.79 Å². The van der Waals surface area contributed by atoms with Gasteiger partial charge in [-0.05, 0) is 87.9 Å². The van der Waals surface area contributed by atoms with Crippen molar-refractivity contribution in [3.63, 3.8) is 0 Å². The maximum Gasteiger partial charge on any atom is 0.309 e. The molecule has 0 aromatic heterocycles. The summed E-state index contributed by atoms with van der Waals surface area (Å²) >= 11 is 0. The fourth-order valence-electron chi connectivity index (χ4n) is 6.07. The highest BCUT2D eigenvalue weighted by atomic mass is 16.5. The van der Waals surface area contributed by atoms with Crippen LogP contribution in [0.3, 0.4) is 0 Å². The predicted molar refractivity (Wildman–Crippen MR) is 113 cm³/mol. The summed E-state index contributed by atoms with van der Waals surface area (Å²) in [5.74, 6) is 4.00. The first-order chi connectivity index (χ1) is 13.2. The molecular formula is C25H44O2. The molecule has 3 rings (SSSR count). The monoisotopic (exact) mass is 376 g/mol. The van der Waals surface area contributed by atoms with Gasteiger partial charge in [0.2, 0.25) is 0 Å². The number of ether oxygens (including phenoxy) is 1. The molecule has 0 aliphatic heterocycles. The molecule has 0 N–H and O–H groups in total. The number of carbonyl (C=O) groups is 1. The first-order valence-electron chi connectivity index (χ1n) is 12.4. The first kappa shape index (κ1) is 21.2. The van der Waals surface area contributed by atoms with Gasteiger partial charge in [-0.1, -0.05) is 52.4 Å². The van der Waals surface area contributed by atoms with Crippen molar-refractivity contribution in [1.29, 1.82) is 0 Å². The summed E-state index contributed by atoms with van der Waals surface area (Å²) in [6.07, 6.45) is 20.9. The molecule has 0 heterocycles. The minimum atomic E-state index is 0.139. The van der Waals surface area contributed by atoms with Crippen LogP contribution in [0.25, 0.3) is 0 Å². The third-order valence-electron chi connectivity index (χ3n) is 8.12. The third kappa shape index (κ3) is 6.50. The van der Waals surface area contributed by atoms with Crippen LogP contribution in [0.15, 0.2) is 0 Å². The lowest BCUT2D eigenvalue weighted by molar-refractivity contribution is -0.157. The van der Waals surface area contributed by atoms with Gasteiger partial charge in [0.15, 0.2) is 0 Å². The first-order valence-corrected chi connectivity index (χ1v) is 12.4. The van der Waals surface area contributed by atoms with Crippen LogP contribution in [0.4, 0.5) is 0 Å². The highest BCUT2D eigenvalue weighted by Gasteiger charge is 2.34. The van der Waals surface area contributed by atoms with E-state index in [9.17, 15) is 4.79 Å². The molecule has 3 saturated carbocycles. The number of unbranched alkanes of at least 4 members (excludes halogenated alkanes) is 2. The van der Waals surface area contributed by atoms with Crippen molar-refractivity contribution in [3.05, 3.63) is 0 Å². The second kappa shape index (κ2) is 10.9. The van der Waals surface area contributed by atoms with E-state index in [1.165, 1.54) is 77.0 Å². The van der Waals surface area contributed by atoms with Crippen LogP contribution < -0.4 is 0 Å². The number of esters is 1. The van der Waals surface area contributed by atoms with Gasteiger partial charge in [-0.2, -0.15) is 0 Å². The molecule has 156 valence electrons.